The molecule has 8 rings (SSSR count). The Hall–Kier alpha value is -5.22. The van der Waals surface area contributed by atoms with Gasteiger partial charge >= 0.3 is 6.03 Å². The Bertz CT molecular complexity index is 2450. The molecule has 1 saturated heterocycles. The summed E-state index contributed by atoms with van der Waals surface area (Å²) < 4.78 is 46.2. The van der Waals surface area contributed by atoms with Gasteiger partial charge in [-0.2, -0.15) is 0 Å². The van der Waals surface area contributed by atoms with Crippen LogP contribution in [0.4, 0.5) is 4.79 Å². The highest BCUT2D eigenvalue weighted by molar-refractivity contribution is 7.91. The lowest BCUT2D eigenvalue weighted by molar-refractivity contribution is -0.131. The maximum atomic E-state index is 14.9. The molecule has 0 radical (unpaired) electrons. The summed E-state index contributed by atoms with van der Waals surface area (Å²) in [5.41, 5.74) is 2.53. The first-order chi connectivity index (χ1) is 29.3. The third-order valence-electron chi connectivity index (χ3n) is 12.2. The van der Waals surface area contributed by atoms with Crippen molar-refractivity contribution in [3.63, 3.8) is 0 Å². The quantitative estimate of drug-likeness (QED) is 0.152. The number of hydrogen-bond donors (Lipinski definition) is 2. The predicted octanol–water partition coefficient (Wildman–Crippen LogP) is 6.86. The van der Waals surface area contributed by atoms with Crippen LogP contribution in [0.3, 0.4) is 0 Å². The highest BCUT2D eigenvalue weighted by Crippen LogP contribution is 2.46. The Morgan fingerprint density at radius 1 is 1.03 bits per heavy atom. The summed E-state index contributed by atoms with van der Waals surface area (Å²) in [5, 5.41) is 5.88. The fraction of sp³-hybridized carbons (Fsp3) is 0.489. The van der Waals surface area contributed by atoms with Gasteiger partial charge in [-0.15, -0.1) is 11.3 Å². The standard InChI is InChI=1S/C45H54N6O8S2/c1-27(2)36-26-60-42(47-36)35-22-39(34-18-19-38(58-5)28(3)40(34)46-35)59-32-21-37-41(52)48-45(43(53)49-61(55,56)33-16-17-33)23-30(45)11-9-7-6-8-10-20-50(44(54)51(37)25-32)24-29-12-14-31(57-4)15-13-29/h9,11-15,18-19,22,26-27,30,32-33,37H,6-8,10,16-17,20-21,23-25H2,1-5H3,(H,48,52)(H,49,53)/b11-9+. The Morgan fingerprint density at radius 2 is 1.82 bits per heavy atom. The van der Waals surface area contributed by atoms with Crippen molar-refractivity contribution in [2.24, 2.45) is 5.92 Å². The Labute approximate surface area is 361 Å². The summed E-state index contributed by atoms with van der Waals surface area (Å²) in [6.07, 6.45) is 7.85. The van der Waals surface area contributed by atoms with Crippen molar-refractivity contribution in [2.45, 2.75) is 108 Å². The van der Waals surface area contributed by atoms with Crippen LogP contribution in [0.15, 0.2) is 60.0 Å². The molecule has 2 saturated carbocycles. The fourth-order valence-corrected chi connectivity index (χ4v) is 10.6. The summed E-state index contributed by atoms with van der Waals surface area (Å²) in [7, 11) is -0.665. The minimum Gasteiger partial charge on any atom is -0.497 e. The first-order valence-corrected chi connectivity index (χ1v) is 23.6. The molecule has 0 bridgehead atoms. The molecular formula is C45H54N6O8S2. The number of methoxy groups -OCH3 is 2. The number of urea groups is 1. The molecule has 2 aromatic heterocycles. The van der Waals surface area contributed by atoms with Crippen molar-refractivity contribution in [1.82, 2.24) is 29.8 Å². The number of pyridine rings is 1. The number of ether oxygens (including phenoxy) is 3. The zero-order valence-electron chi connectivity index (χ0n) is 35.3. The fourth-order valence-electron chi connectivity index (χ4n) is 8.34. The van der Waals surface area contributed by atoms with Gasteiger partial charge in [-0.1, -0.05) is 44.6 Å². The molecule has 0 spiro atoms. The van der Waals surface area contributed by atoms with Gasteiger partial charge in [0.15, 0.2) is 0 Å². The van der Waals surface area contributed by atoms with Crippen molar-refractivity contribution < 1.29 is 37.0 Å². The zero-order chi connectivity index (χ0) is 43.1. The average Bonchev–Trinajstić information content (AvgIpc) is 4.12. The van der Waals surface area contributed by atoms with Crippen molar-refractivity contribution in [3.05, 3.63) is 76.8 Å². The molecule has 4 aromatic rings. The normalized spacial score (nSPS) is 24.0. The number of hydrogen-bond acceptors (Lipinski definition) is 11. The van der Waals surface area contributed by atoms with Crippen molar-refractivity contribution in [2.75, 3.05) is 27.3 Å². The summed E-state index contributed by atoms with van der Waals surface area (Å²) in [4.78, 5) is 56.8. The van der Waals surface area contributed by atoms with Gasteiger partial charge in [0.05, 0.1) is 37.2 Å². The third kappa shape index (κ3) is 8.92. The lowest BCUT2D eigenvalue weighted by atomic mass is 10.1. The van der Waals surface area contributed by atoms with E-state index >= 15 is 0 Å². The zero-order valence-corrected chi connectivity index (χ0v) is 36.9. The molecule has 2 N–H and O–H groups in total. The van der Waals surface area contributed by atoms with Crippen LogP contribution in [0.1, 0.15) is 88.0 Å². The van der Waals surface area contributed by atoms with E-state index in [0.717, 1.165) is 52.9 Å². The predicted molar refractivity (Wildman–Crippen MR) is 233 cm³/mol. The number of carbonyl (C=O) groups is 3. The first-order valence-electron chi connectivity index (χ1n) is 21.1. The van der Waals surface area contributed by atoms with E-state index in [0.29, 0.717) is 54.4 Å². The largest absolute Gasteiger partial charge is 0.497 e. The van der Waals surface area contributed by atoms with Gasteiger partial charge in [-0.3, -0.25) is 14.3 Å². The number of carbonyl (C=O) groups excluding carboxylic acids is 3. The lowest BCUT2D eigenvalue weighted by Crippen LogP contribution is -2.57. The van der Waals surface area contributed by atoms with Crippen LogP contribution in [-0.2, 0) is 26.2 Å². The van der Waals surface area contributed by atoms with Gasteiger partial charge in [-0.05, 0) is 81.2 Å². The van der Waals surface area contributed by atoms with Gasteiger partial charge < -0.3 is 29.3 Å². The van der Waals surface area contributed by atoms with E-state index in [9.17, 15) is 22.8 Å². The Balaban J connectivity index is 1.15. The summed E-state index contributed by atoms with van der Waals surface area (Å²) in [6, 6.07) is 11.8. The number of rotatable bonds is 11. The molecule has 4 aliphatic rings. The number of aromatic nitrogens is 2. The first kappa shape index (κ1) is 42.5. The van der Waals surface area contributed by atoms with Gasteiger partial charge in [0.25, 0.3) is 5.91 Å². The second-order valence-electron chi connectivity index (χ2n) is 16.9. The summed E-state index contributed by atoms with van der Waals surface area (Å²) >= 11 is 1.50. The van der Waals surface area contributed by atoms with Crippen molar-refractivity contribution in [1.29, 1.82) is 0 Å². The van der Waals surface area contributed by atoms with E-state index in [-0.39, 0.29) is 31.3 Å². The van der Waals surface area contributed by atoms with Crippen LogP contribution in [0.5, 0.6) is 17.2 Å². The highest BCUT2D eigenvalue weighted by atomic mass is 32.2. The number of thiazole rings is 1. The number of benzene rings is 2. The number of aryl methyl sites for hydroxylation is 1. The molecule has 2 aromatic carbocycles. The number of fused-ring (bicyclic) bond motifs is 3. The van der Waals surface area contributed by atoms with E-state index in [2.05, 4.69) is 23.9 Å². The van der Waals surface area contributed by atoms with Crippen LogP contribution in [0.25, 0.3) is 21.6 Å². The number of nitrogens with zero attached hydrogens (tertiary/aromatic N) is 4. The van der Waals surface area contributed by atoms with E-state index in [4.69, 9.17) is 24.2 Å². The smallest absolute Gasteiger partial charge is 0.321 e. The van der Waals surface area contributed by atoms with E-state index < -0.39 is 50.7 Å². The highest BCUT2D eigenvalue weighted by Gasteiger charge is 2.62. The van der Waals surface area contributed by atoms with Crippen LogP contribution in [0.2, 0.25) is 0 Å². The van der Waals surface area contributed by atoms with Gasteiger partial charge in [0, 0.05) is 47.8 Å². The summed E-state index contributed by atoms with van der Waals surface area (Å²) in [6.45, 7) is 6.97. The molecule has 324 valence electrons. The molecule has 61 heavy (non-hydrogen) atoms. The molecule has 2 aliphatic carbocycles. The van der Waals surface area contributed by atoms with Crippen LogP contribution >= 0.6 is 11.3 Å². The Morgan fingerprint density at radius 3 is 2.52 bits per heavy atom. The van der Waals surface area contributed by atoms with Crippen molar-refractivity contribution in [3.8, 4) is 28.0 Å². The van der Waals surface area contributed by atoms with Gasteiger partial charge in [0.2, 0.25) is 15.9 Å². The molecule has 4 heterocycles. The molecule has 4 amide bonds. The van der Waals surface area contributed by atoms with Crippen LogP contribution in [0, 0.1) is 12.8 Å². The maximum Gasteiger partial charge on any atom is 0.321 e. The number of nitrogens with one attached hydrogen (secondary N) is 2. The molecule has 4 unspecified atom stereocenters. The molecule has 16 heteroatoms. The second-order valence-corrected chi connectivity index (χ2v) is 19.8. The van der Waals surface area contributed by atoms with Crippen molar-refractivity contribution >= 4 is 50.1 Å². The van der Waals surface area contributed by atoms with E-state index in [1.54, 1.807) is 24.0 Å². The van der Waals surface area contributed by atoms with E-state index in [1.807, 2.05) is 66.9 Å². The monoisotopic (exact) mass is 870 g/mol. The average molecular weight is 871 g/mol. The van der Waals surface area contributed by atoms with Gasteiger partial charge in [0.1, 0.15) is 45.6 Å². The minimum absolute atomic E-state index is 0.0810. The molecular weight excluding hydrogens is 817 g/mol. The topological polar surface area (TPSA) is 169 Å². The summed E-state index contributed by atoms with van der Waals surface area (Å²) in [5.74, 6) is 0.440. The number of sulfonamides is 1. The third-order valence-corrected chi connectivity index (χ3v) is 14.9. The lowest BCUT2D eigenvalue weighted by Gasteiger charge is -2.32. The molecule has 14 nitrogen and oxygen atoms in total. The van der Waals surface area contributed by atoms with Crippen LogP contribution in [-0.4, -0.2) is 96.3 Å². The minimum atomic E-state index is -3.88. The van der Waals surface area contributed by atoms with Crippen LogP contribution < -0.4 is 24.2 Å². The Kier molecular flexibility index (Phi) is 12.0. The van der Waals surface area contributed by atoms with E-state index in [1.165, 1.54) is 11.3 Å². The number of allylic oxidation sites excluding steroid dienone is 1. The maximum absolute atomic E-state index is 14.9. The second kappa shape index (κ2) is 17.3. The molecule has 2 aliphatic heterocycles. The molecule has 3 fully saturated rings. The molecule has 4 atom stereocenters. The van der Waals surface area contributed by atoms with Gasteiger partial charge in [-0.25, -0.2) is 23.2 Å². The SMILES string of the molecule is COc1ccc(CN2CCCCC/C=C/C3CC3(C(=O)NS(=O)(=O)C3CC3)NC(=O)C3CC(Oc4cc(-c5nc(C(C)C)cs5)nc5c(C)c(OC)ccc45)CN3C2=O)cc1. The number of amides is 4.